The van der Waals surface area contributed by atoms with Gasteiger partial charge in [0.2, 0.25) is 0 Å². The van der Waals surface area contributed by atoms with Crippen molar-refractivity contribution in [1.82, 2.24) is 0 Å². The zero-order valence-electron chi connectivity index (χ0n) is 5.03. The molecule has 0 amide bonds. The van der Waals surface area contributed by atoms with Gasteiger partial charge >= 0.3 is 0 Å². The van der Waals surface area contributed by atoms with E-state index in [2.05, 4.69) is 0 Å². The Labute approximate surface area is 80.1 Å². The molecule has 4 heteroatoms. The van der Waals surface area contributed by atoms with Crippen molar-refractivity contribution < 1.29 is 0 Å². The van der Waals surface area contributed by atoms with Gasteiger partial charge in [-0.05, 0) is 0 Å². The van der Waals surface area contributed by atoms with E-state index in [-0.39, 0.29) is 16.1 Å². The second-order valence-electron chi connectivity index (χ2n) is 2.22. The lowest BCUT2D eigenvalue weighted by molar-refractivity contribution is 0.745. The Balaban J connectivity index is 2.69. The minimum absolute atomic E-state index is 0.137. The van der Waals surface area contributed by atoms with E-state index in [9.17, 15) is 0 Å². The molecule has 0 unspecified atom stereocenters. The Kier molecular flexibility index (Phi) is 3.18. The summed E-state index contributed by atoms with van der Waals surface area (Å²) in [6.07, 6.45) is 2.36. The van der Waals surface area contributed by atoms with Crippen molar-refractivity contribution in [2.24, 2.45) is 0 Å². The summed E-state index contributed by atoms with van der Waals surface area (Å²) in [4.78, 5) is 0. The summed E-state index contributed by atoms with van der Waals surface area (Å²) in [7, 11) is 0. The summed E-state index contributed by atoms with van der Waals surface area (Å²) in [5.41, 5.74) is 0. The monoisotopic (exact) mass is 218 g/mol. The highest BCUT2D eigenvalue weighted by Crippen LogP contribution is 2.31. The summed E-state index contributed by atoms with van der Waals surface area (Å²) < 4.78 is 0. The molecule has 1 aliphatic rings. The molecule has 0 nitrogen and oxygen atoms in total. The SMILES string of the molecule is ClC1=C[C@H](Cl)[C@@H](Cl)[C@@H](Cl)C1. The molecule has 0 aromatic heterocycles. The average Bonchev–Trinajstić information content (AvgIpc) is 1.82. The fourth-order valence-corrected chi connectivity index (χ4v) is 2.16. The summed E-state index contributed by atoms with van der Waals surface area (Å²) in [5.74, 6) is 0. The third kappa shape index (κ3) is 1.94. The third-order valence-electron chi connectivity index (χ3n) is 1.38. The predicted molar refractivity (Wildman–Crippen MR) is 47.5 cm³/mol. The van der Waals surface area contributed by atoms with Gasteiger partial charge in [0, 0.05) is 11.5 Å². The molecule has 0 bridgehead atoms. The van der Waals surface area contributed by atoms with Gasteiger partial charge in [-0.1, -0.05) is 17.7 Å². The van der Waals surface area contributed by atoms with Crippen LogP contribution in [0.4, 0.5) is 0 Å². The quantitative estimate of drug-likeness (QED) is 0.549. The molecular weight excluding hydrogens is 214 g/mol. The molecule has 0 aromatic rings. The number of rotatable bonds is 0. The van der Waals surface area contributed by atoms with E-state index in [1.807, 2.05) is 0 Å². The molecule has 0 aromatic carbocycles. The summed E-state index contributed by atoms with van der Waals surface area (Å²) in [5, 5.41) is 0.134. The van der Waals surface area contributed by atoms with E-state index in [0.717, 1.165) is 0 Å². The highest BCUT2D eigenvalue weighted by molar-refractivity contribution is 6.38. The van der Waals surface area contributed by atoms with Gasteiger partial charge in [0.05, 0.1) is 16.1 Å². The van der Waals surface area contributed by atoms with E-state index in [1.54, 1.807) is 6.08 Å². The smallest absolute Gasteiger partial charge is 0.0708 e. The van der Waals surface area contributed by atoms with Gasteiger partial charge in [-0.25, -0.2) is 0 Å². The second-order valence-corrected chi connectivity index (χ2v) is 4.28. The van der Waals surface area contributed by atoms with E-state index >= 15 is 0 Å². The summed E-state index contributed by atoms with van der Waals surface area (Å²) in [6, 6.07) is 0. The Bertz CT molecular complexity index is 154. The van der Waals surface area contributed by atoms with Crippen molar-refractivity contribution in [2.75, 3.05) is 0 Å². The molecular formula is C6H6Cl4. The number of halogens is 4. The predicted octanol–water partition coefficient (Wildman–Crippen LogP) is 3.34. The molecule has 1 rings (SSSR count). The molecule has 0 heterocycles. The molecule has 10 heavy (non-hydrogen) atoms. The zero-order valence-corrected chi connectivity index (χ0v) is 8.05. The van der Waals surface area contributed by atoms with Gasteiger partial charge in [-0.15, -0.1) is 34.8 Å². The van der Waals surface area contributed by atoms with Crippen LogP contribution < -0.4 is 0 Å². The Morgan fingerprint density at radius 1 is 1.30 bits per heavy atom. The Hall–Kier alpha value is 0.900. The first kappa shape index (κ1) is 8.99. The van der Waals surface area contributed by atoms with E-state index in [4.69, 9.17) is 46.4 Å². The molecule has 1 aliphatic carbocycles. The van der Waals surface area contributed by atoms with Crippen LogP contribution in [0.1, 0.15) is 6.42 Å². The first-order valence-electron chi connectivity index (χ1n) is 2.89. The lowest BCUT2D eigenvalue weighted by atomic mass is 10.1. The maximum atomic E-state index is 5.82. The van der Waals surface area contributed by atoms with Gasteiger partial charge < -0.3 is 0 Å². The minimum Gasteiger partial charge on any atom is -0.121 e. The average molecular weight is 220 g/mol. The Morgan fingerprint density at radius 2 is 1.90 bits per heavy atom. The maximum Gasteiger partial charge on any atom is 0.0708 e. The van der Waals surface area contributed by atoms with Gasteiger partial charge in [0.1, 0.15) is 0 Å². The normalized spacial score (nSPS) is 41.2. The van der Waals surface area contributed by atoms with Crippen LogP contribution in [-0.2, 0) is 0 Å². The fraction of sp³-hybridized carbons (Fsp3) is 0.667. The second kappa shape index (κ2) is 3.53. The van der Waals surface area contributed by atoms with Crippen molar-refractivity contribution in [3.05, 3.63) is 11.1 Å². The standard InChI is InChI=1S/C6H6Cl4/c7-3-1-4(8)6(10)5(9)2-3/h1,4-6H,2H2/t4-,5-,6+/m0/s1. The molecule has 0 saturated heterocycles. The fourth-order valence-electron chi connectivity index (χ4n) is 0.831. The topological polar surface area (TPSA) is 0 Å². The lowest BCUT2D eigenvalue weighted by Gasteiger charge is -2.23. The van der Waals surface area contributed by atoms with Gasteiger partial charge in [-0.3, -0.25) is 0 Å². The minimum atomic E-state index is -0.231. The zero-order chi connectivity index (χ0) is 7.72. The molecule has 3 atom stereocenters. The Morgan fingerprint density at radius 3 is 2.40 bits per heavy atom. The van der Waals surface area contributed by atoms with Crippen molar-refractivity contribution in [3.63, 3.8) is 0 Å². The summed E-state index contributed by atoms with van der Waals surface area (Å²) in [6.45, 7) is 0. The third-order valence-corrected chi connectivity index (χ3v) is 3.32. The van der Waals surface area contributed by atoms with Crippen molar-refractivity contribution >= 4 is 46.4 Å². The van der Waals surface area contributed by atoms with Gasteiger partial charge in [-0.2, -0.15) is 0 Å². The van der Waals surface area contributed by atoms with Gasteiger partial charge in [0.15, 0.2) is 0 Å². The maximum absolute atomic E-state index is 5.82. The number of hydrogen-bond acceptors (Lipinski definition) is 0. The molecule has 0 radical (unpaired) electrons. The molecule has 0 saturated carbocycles. The van der Waals surface area contributed by atoms with E-state index < -0.39 is 0 Å². The molecule has 0 spiro atoms. The highest BCUT2D eigenvalue weighted by atomic mass is 35.5. The van der Waals surface area contributed by atoms with E-state index in [0.29, 0.717) is 11.5 Å². The van der Waals surface area contributed by atoms with Crippen molar-refractivity contribution in [1.29, 1.82) is 0 Å². The van der Waals surface area contributed by atoms with Crippen molar-refractivity contribution in [2.45, 2.75) is 22.6 Å². The first-order valence-corrected chi connectivity index (χ1v) is 4.58. The number of allylic oxidation sites excluding steroid dienone is 2. The van der Waals surface area contributed by atoms with Crippen LogP contribution in [0.5, 0.6) is 0 Å². The van der Waals surface area contributed by atoms with Crippen LogP contribution in [0.3, 0.4) is 0 Å². The molecule has 0 N–H and O–H groups in total. The highest BCUT2D eigenvalue weighted by Gasteiger charge is 2.28. The molecule has 0 fully saturated rings. The number of hydrogen-bond donors (Lipinski definition) is 0. The van der Waals surface area contributed by atoms with E-state index in [1.165, 1.54) is 0 Å². The van der Waals surface area contributed by atoms with Crippen LogP contribution >= 0.6 is 46.4 Å². The van der Waals surface area contributed by atoms with Crippen molar-refractivity contribution in [3.8, 4) is 0 Å². The van der Waals surface area contributed by atoms with Crippen LogP contribution in [-0.4, -0.2) is 16.1 Å². The van der Waals surface area contributed by atoms with Gasteiger partial charge in [0.25, 0.3) is 0 Å². The van der Waals surface area contributed by atoms with Crippen LogP contribution in [0.15, 0.2) is 11.1 Å². The number of alkyl halides is 3. The summed E-state index contributed by atoms with van der Waals surface area (Å²) >= 11 is 23.1. The first-order chi connectivity index (χ1) is 4.61. The van der Waals surface area contributed by atoms with Crippen LogP contribution in [0.2, 0.25) is 0 Å². The lowest BCUT2D eigenvalue weighted by Crippen LogP contribution is -2.28. The van der Waals surface area contributed by atoms with Crippen LogP contribution in [0, 0.1) is 0 Å². The molecule has 58 valence electrons. The largest absolute Gasteiger partial charge is 0.121 e. The van der Waals surface area contributed by atoms with Crippen LogP contribution in [0.25, 0.3) is 0 Å². The molecule has 0 aliphatic heterocycles.